The topological polar surface area (TPSA) is 38.4 Å². The van der Waals surface area contributed by atoms with Crippen LogP contribution in [0, 0.1) is 6.07 Å². The van der Waals surface area contributed by atoms with E-state index in [0.29, 0.717) is 0 Å². The number of hydrazone groups is 1. The maximum atomic E-state index is 5.17. The van der Waals surface area contributed by atoms with E-state index in [4.69, 9.17) is 5.84 Å². The fraction of sp³-hybridized carbons (Fsp3) is 0.0714. The summed E-state index contributed by atoms with van der Waals surface area (Å²) in [6.07, 6.45) is 2.51. The maximum Gasteiger partial charge on any atom is 0.0547 e. The second-order valence-electron chi connectivity index (χ2n) is 3.55. The van der Waals surface area contributed by atoms with Gasteiger partial charge in [0, 0.05) is 5.56 Å². The predicted molar refractivity (Wildman–Crippen MR) is 66.3 cm³/mol. The van der Waals surface area contributed by atoms with Gasteiger partial charge in [-0.25, -0.2) is 0 Å². The monoisotopic (exact) mass is 209 g/mol. The highest BCUT2D eigenvalue weighted by molar-refractivity contribution is 5.81. The third-order valence-corrected chi connectivity index (χ3v) is 2.42. The Bertz CT molecular complexity index is 475. The number of hydrogen-bond acceptors (Lipinski definition) is 2. The zero-order chi connectivity index (χ0) is 11.2. The predicted octanol–water partition coefficient (Wildman–Crippen LogP) is 2.37. The normalized spacial score (nSPS) is 10.8. The van der Waals surface area contributed by atoms with E-state index in [9.17, 15) is 0 Å². The Kier molecular flexibility index (Phi) is 3.34. The second kappa shape index (κ2) is 5.12. The molecule has 16 heavy (non-hydrogen) atoms. The summed E-state index contributed by atoms with van der Waals surface area (Å²) >= 11 is 0. The van der Waals surface area contributed by atoms with Gasteiger partial charge in [-0.3, -0.25) is 0 Å². The lowest BCUT2D eigenvalue weighted by Gasteiger charge is -2.04. The van der Waals surface area contributed by atoms with Crippen LogP contribution in [-0.2, 0) is 6.42 Å². The molecular formula is C14H13N2. The van der Waals surface area contributed by atoms with E-state index < -0.39 is 0 Å². The lowest BCUT2D eigenvalue weighted by molar-refractivity contribution is 1.18. The molecule has 0 heterocycles. The molecule has 2 heteroatoms. The summed E-state index contributed by atoms with van der Waals surface area (Å²) in [6, 6.07) is 19.4. The number of hydrogen-bond donors (Lipinski definition) is 1. The van der Waals surface area contributed by atoms with Gasteiger partial charge < -0.3 is 5.84 Å². The smallest absolute Gasteiger partial charge is 0.0547 e. The van der Waals surface area contributed by atoms with E-state index >= 15 is 0 Å². The van der Waals surface area contributed by atoms with Gasteiger partial charge in [0.15, 0.2) is 0 Å². The van der Waals surface area contributed by atoms with Gasteiger partial charge in [-0.05, 0) is 23.6 Å². The quantitative estimate of drug-likeness (QED) is 0.470. The van der Waals surface area contributed by atoms with Crippen LogP contribution in [0.1, 0.15) is 16.7 Å². The molecule has 0 atom stereocenters. The maximum absolute atomic E-state index is 5.17. The van der Waals surface area contributed by atoms with E-state index in [1.54, 1.807) is 6.21 Å². The van der Waals surface area contributed by atoms with Crippen molar-refractivity contribution < 1.29 is 0 Å². The first-order valence-corrected chi connectivity index (χ1v) is 5.17. The molecule has 0 bridgehead atoms. The van der Waals surface area contributed by atoms with Gasteiger partial charge in [-0.15, -0.1) is 0 Å². The first-order chi connectivity index (χ1) is 7.90. The molecule has 0 amide bonds. The molecule has 0 unspecified atom stereocenters. The van der Waals surface area contributed by atoms with Crippen molar-refractivity contribution in [1.82, 2.24) is 0 Å². The van der Waals surface area contributed by atoms with Gasteiger partial charge in [0.1, 0.15) is 0 Å². The van der Waals surface area contributed by atoms with Crippen LogP contribution < -0.4 is 5.84 Å². The van der Waals surface area contributed by atoms with Crippen molar-refractivity contribution in [3.8, 4) is 0 Å². The zero-order valence-corrected chi connectivity index (χ0v) is 8.93. The van der Waals surface area contributed by atoms with Crippen LogP contribution in [0.3, 0.4) is 0 Å². The van der Waals surface area contributed by atoms with Crippen molar-refractivity contribution in [1.29, 1.82) is 0 Å². The molecule has 2 aromatic rings. The largest absolute Gasteiger partial charge is 0.323 e. The summed E-state index contributed by atoms with van der Waals surface area (Å²) in [7, 11) is 0. The Balaban J connectivity index is 2.28. The Labute approximate surface area is 95.4 Å². The summed E-state index contributed by atoms with van der Waals surface area (Å²) in [5.74, 6) is 5.17. The molecule has 2 N–H and O–H groups in total. The van der Waals surface area contributed by atoms with Crippen LogP contribution in [0.5, 0.6) is 0 Å². The van der Waals surface area contributed by atoms with Crippen LogP contribution in [0.4, 0.5) is 0 Å². The zero-order valence-electron chi connectivity index (χ0n) is 8.93. The van der Waals surface area contributed by atoms with Crippen LogP contribution >= 0.6 is 0 Å². The Morgan fingerprint density at radius 2 is 1.94 bits per heavy atom. The van der Waals surface area contributed by atoms with Gasteiger partial charge in [-0.1, -0.05) is 48.5 Å². The lowest BCUT2D eigenvalue weighted by atomic mass is 10.0. The number of nitrogens with zero attached hydrogens (tertiary/aromatic N) is 1. The molecule has 1 radical (unpaired) electrons. The highest BCUT2D eigenvalue weighted by Crippen LogP contribution is 2.12. The van der Waals surface area contributed by atoms with Gasteiger partial charge in [-0.2, -0.15) is 5.10 Å². The SMILES string of the molecule is NN=Cc1[c]cccc1Cc1ccccc1. The number of nitrogens with two attached hydrogens (primary N) is 1. The molecule has 0 aromatic heterocycles. The van der Waals surface area contributed by atoms with E-state index in [1.807, 2.05) is 30.3 Å². The summed E-state index contributed by atoms with van der Waals surface area (Å²) in [5, 5.41) is 3.55. The van der Waals surface area contributed by atoms with Crippen molar-refractivity contribution in [2.45, 2.75) is 6.42 Å². The first-order valence-electron chi connectivity index (χ1n) is 5.17. The molecule has 0 saturated carbocycles. The second-order valence-corrected chi connectivity index (χ2v) is 3.55. The van der Waals surface area contributed by atoms with Crippen LogP contribution in [0.2, 0.25) is 0 Å². The third-order valence-electron chi connectivity index (χ3n) is 2.42. The van der Waals surface area contributed by atoms with Gasteiger partial charge in [0.25, 0.3) is 0 Å². The molecule has 0 saturated heterocycles. The Hall–Kier alpha value is -2.09. The Morgan fingerprint density at radius 3 is 2.69 bits per heavy atom. The van der Waals surface area contributed by atoms with E-state index in [2.05, 4.69) is 29.4 Å². The van der Waals surface area contributed by atoms with Crippen molar-refractivity contribution >= 4 is 6.21 Å². The molecule has 0 aliphatic heterocycles. The van der Waals surface area contributed by atoms with Crippen LogP contribution in [0.25, 0.3) is 0 Å². The third kappa shape index (κ3) is 2.48. The molecular weight excluding hydrogens is 196 g/mol. The van der Waals surface area contributed by atoms with E-state index in [0.717, 1.165) is 12.0 Å². The van der Waals surface area contributed by atoms with Crippen molar-refractivity contribution in [2.75, 3.05) is 0 Å². The minimum atomic E-state index is 0.875. The Morgan fingerprint density at radius 1 is 1.12 bits per heavy atom. The van der Waals surface area contributed by atoms with E-state index in [-0.39, 0.29) is 0 Å². The fourth-order valence-electron chi connectivity index (χ4n) is 1.65. The summed E-state index contributed by atoms with van der Waals surface area (Å²) in [5.41, 5.74) is 3.41. The number of benzene rings is 2. The van der Waals surface area contributed by atoms with Crippen molar-refractivity contribution in [3.05, 3.63) is 71.3 Å². The van der Waals surface area contributed by atoms with Crippen molar-refractivity contribution in [3.63, 3.8) is 0 Å². The minimum Gasteiger partial charge on any atom is -0.323 e. The number of rotatable bonds is 3. The highest BCUT2D eigenvalue weighted by atomic mass is 15.1. The minimum absolute atomic E-state index is 0.875. The molecule has 0 aliphatic carbocycles. The lowest BCUT2D eigenvalue weighted by Crippen LogP contribution is -1.96. The van der Waals surface area contributed by atoms with Crippen molar-refractivity contribution in [2.24, 2.45) is 10.9 Å². The standard InChI is InChI=1S/C14H13N2/c15-16-11-14-9-5-4-8-13(14)10-12-6-2-1-3-7-12/h1-8,11H,10,15H2. The van der Waals surface area contributed by atoms with Gasteiger partial charge in [0.2, 0.25) is 0 Å². The fourth-order valence-corrected chi connectivity index (χ4v) is 1.65. The molecule has 2 aromatic carbocycles. The molecule has 0 spiro atoms. The van der Waals surface area contributed by atoms with Crippen LogP contribution in [-0.4, -0.2) is 6.21 Å². The summed E-state index contributed by atoms with van der Waals surface area (Å²) < 4.78 is 0. The molecule has 0 aliphatic rings. The van der Waals surface area contributed by atoms with Crippen LogP contribution in [0.15, 0.2) is 53.6 Å². The summed E-state index contributed by atoms with van der Waals surface area (Å²) in [6.45, 7) is 0. The molecule has 2 nitrogen and oxygen atoms in total. The average Bonchev–Trinajstić information content (AvgIpc) is 2.33. The van der Waals surface area contributed by atoms with E-state index in [1.165, 1.54) is 11.1 Å². The average molecular weight is 209 g/mol. The highest BCUT2D eigenvalue weighted by Gasteiger charge is 2.00. The van der Waals surface area contributed by atoms with Gasteiger partial charge >= 0.3 is 0 Å². The molecule has 2 rings (SSSR count). The summed E-state index contributed by atoms with van der Waals surface area (Å²) in [4.78, 5) is 0. The van der Waals surface area contributed by atoms with Gasteiger partial charge in [0.05, 0.1) is 6.21 Å². The first kappa shape index (κ1) is 10.4. The molecule has 0 fully saturated rings. The molecule has 79 valence electrons.